The minimum absolute atomic E-state index is 0.0976. The fourth-order valence-corrected chi connectivity index (χ4v) is 3.72. The second-order valence-electron chi connectivity index (χ2n) is 6.06. The SMILES string of the molecule is CC(=O)N1CC(O)CC(NC(=O)c2ccc(-c3ccc(C)o3)s2)C1. The largest absolute Gasteiger partial charge is 0.461 e. The van der Waals surface area contributed by atoms with E-state index in [4.69, 9.17) is 4.42 Å². The van der Waals surface area contributed by atoms with Crippen molar-refractivity contribution in [1.29, 1.82) is 0 Å². The monoisotopic (exact) mass is 348 g/mol. The first-order chi connectivity index (χ1) is 11.4. The number of nitrogens with zero attached hydrogens (tertiary/aromatic N) is 1. The van der Waals surface area contributed by atoms with Crippen molar-refractivity contribution in [3.8, 4) is 10.6 Å². The Bertz CT molecular complexity index is 751. The van der Waals surface area contributed by atoms with Gasteiger partial charge in [-0.3, -0.25) is 9.59 Å². The summed E-state index contributed by atoms with van der Waals surface area (Å²) in [6.45, 7) is 4.09. The molecule has 0 bridgehead atoms. The Morgan fingerprint density at radius 1 is 1.29 bits per heavy atom. The summed E-state index contributed by atoms with van der Waals surface area (Å²) in [7, 11) is 0. The molecular formula is C17H20N2O4S. The zero-order chi connectivity index (χ0) is 17.3. The molecule has 1 fully saturated rings. The maximum atomic E-state index is 12.4. The molecule has 2 unspecified atom stereocenters. The van der Waals surface area contributed by atoms with Gasteiger partial charge in [0, 0.05) is 26.1 Å². The summed E-state index contributed by atoms with van der Waals surface area (Å²) < 4.78 is 5.57. The summed E-state index contributed by atoms with van der Waals surface area (Å²) in [4.78, 5) is 27.0. The molecule has 0 radical (unpaired) electrons. The first kappa shape index (κ1) is 16.7. The number of thiophene rings is 1. The predicted molar refractivity (Wildman–Crippen MR) is 90.9 cm³/mol. The Morgan fingerprint density at radius 3 is 2.75 bits per heavy atom. The highest BCUT2D eigenvalue weighted by atomic mass is 32.1. The van der Waals surface area contributed by atoms with Crippen LogP contribution in [-0.4, -0.2) is 47.1 Å². The van der Waals surface area contributed by atoms with E-state index < -0.39 is 6.10 Å². The normalized spacial score (nSPS) is 20.9. The van der Waals surface area contributed by atoms with Gasteiger partial charge < -0.3 is 19.7 Å². The van der Waals surface area contributed by atoms with E-state index >= 15 is 0 Å². The molecule has 2 atom stereocenters. The Hall–Kier alpha value is -2.12. The van der Waals surface area contributed by atoms with Gasteiger partial charge in [-0.25, -0.2) is 0 Å². The fraction of sp³-hybridized carbons (Fsp3) is 0.412. The van der Waals surface area contributed by atoms with E-state index in [1.54, 1.807) is 11.0 Å². The highest BCUT2D eigenvalue weighted by Gasteiger charge is 2.28. The molecule has 6 nitrogen and oxygen atoms in total. The molecule has 1 saturated heterocycles. The maximum Gasteiger partial charge on any atom is 0.261 e. The maximum absolute atomic E-state index is 12.4. The van der Waals surface area contributed by atoms with Crippen molar-refractivity contribution in [2.45, 2.75) is 32.4 Å². The fourth-order valence-electron chi connectivity index (χ4n) is 2.85. The number of aliphatic hydroxyl groups is 1. The average Bonchev–Trinajstić information content (AvgIpc) is 3.15. The van der Waals surface area contributed by atoms with E-state index in [-0.39, 0.29) is 17.9 Å². The van der Waals surface area contributed by atoms with Gasteiger partial charge in [0.25, 0.3) is 5.91 Å². The molecule has 2 amide bonds. The highest BCUT2D eigenvalue weighted by Crippen LogP contribution is 2.29. The van der Waals surface area contributed by atoms with Gasteiger partial charge >= 0.3 is 0 Å². The number of furan rings is 1. The second kappa shape index (κ2) is 6.78. The van der Waals surface area contributed by atoms with Crippen LogP contribution < -0.4 is 5.32 Å². The Balaban J connectivity index is 1.66. The lowest BCUT2D eigenvalue weighted by Gasteiger charge is -2.35. The summed E-state index contributed by atoms with van der Waals surface area (Å²) in [6.07, 6.45) is -0.163. The standard InChI is InChI=1S/C17H20N2O4S/c1-10-3-4-14(23-10)15-5-6-16(24-15)17(22)18-12-7-13(21)9-19(8-12)11(2)20/h3-6,12-13,21H,7-9H2,1-2H3,(H,18,22). The van der Waals surface area contributed by atoms with Crippen molar-refractivity contribution >= 4 is 23.2 Å². The van der Waals surface area contributed by atoms with Gasteiger partial charge in [-0.1, -0.05) is 0 Å². The molecule has 128 valence electrons. The number of hydrogen-bond acceptors (Lipinski definition) is 5. The molecular weight excluding hydrogens is 328 g/mol. The third kappa shape index (κ3) is 3.68. The summed E-state index contributed by atoms with van der Waals surface area (Å²) in [5.41, 5.74) is 0. The smallest absolute Gasteiger partial charge is 0.261 e. The number of nitrogens with one attached hydrogen (secondary N) is 1. The number of likely N-dealkylation sites (tertiary alicyclic amines) is 1. The van der Waals surface area contributed by atoms with Crippen LogP contribution in [0.4, 0.5) is 0 Å². The number of aryl methyl sites for hydroxylation is 1. The molecule has 2 N–H and O–H groups in total. The third-order valence-electron chi connectivity index (χ3n) is 4.02. The van der Waals surface area contributed by atoms with Gasteiger partial charge in [-0.2, -0.15) is 0 Å². The molecule has 2 aromatic heterocycles. The van der Waals surface area contributed by atoms with Crippen LogP contribution in [0.2, 0.25) is 0 Å². The molecule has 7 heteroatoms. The topological polar surface area (TPSA) is 82.8 Å². The molecule has 2 aromatic rings. The summed E-state index contributed by atoms with van der Waals surface area (Å²) in [6, 6.07) is 7.13. The zero-order valence-electron chi connectivity index (χ0n) is 13.6. The Kier molecular flexibility index (Phi) is 4.73. The van der Waals surface area contributed by atoms with E-state index in [1.165, 1.54) is 18.3 Å². The predicted octanol–water partition coefficient (Wildman–Crippen LogP) is 2.03. The number of carbonyl (C=O) groups is 2. The van der Waals surface area contributed by atoms with Crippen LogP contribution in [0.25, 0.3) is 10.6 Å². The number of hydrogen-bond donors (Lipinski definition) is 2. The number of rotatable bonds is 3. The van der Waals surface area contributed by atoms with E-state index in [0.29, 0.717) is 24.4 Å². The lowest BCUT2D eigenvalue weighted by molar-refractivity contribution is -0.132. The third-order valence-corrected chi connectivity index (χ3v) is 5.12. The number of carbonyl (C=O) groups excluding carboxylic acids is 2. The van der Waals surface area contributed by atoms with E-state index in [2.05, 4.69) is 5.32 Å². The molecule has 24 heavy (non-hydrogen) atoms. The van der Waals surface area contributed by atoms with Gasteiger partial charge in [-0.05, 0) is 37.6 Å². The average molecular weight is 348 g/mol. The van der Waals surface area contributed by atoms with Crippen LogP contribution in [0.5, 0.6) is 0 Å². The number of aliphatic hydroxyl groups excluding tert-OH is 1. The molecule has 0 aliphatic carbocycles. The van der Waals surface area contributed by atoms with Crippen molar-refractivity contribution in [1.82, 2.24) is 10.2 Å². The van der Waals surface area contributed by atoms with Crippen molar-refractivity contribution in [2.24, 2.45) is 0 Å². The zero-order valence-corrected chi connectivity index (χ0v) is 14.4. The van der Waals surface area contributed by atoms with Crippen LogP contribution in [0, 0.1) is 6.92 Å². The summed E-state index contributed by atoms with van der Waals surface area (Å²) in [5.74, 6) is 1.27. The van der Waals surface area contributed by atoms with E-state index in [0.717, 1.165) is 16.4 Å². The minimum Gasteiger partial charge on any atom is -0.461 e. The van der Waals surface area contributed by atoms with Crippen molar-refractivity contribution in [3.63, 3.8) is 0 Å². The quantitative estimate of drug-likeness (QED) is 0.889. The van der Waals surface area contributed by atoms with Crippen molar-refractivity contribution in [3.05, 3.63) is 34.9 Å². The first-order valence-electron chi connectivity index (χ1n) is 7.83. The molecule has 1 aliphatic rings. The summed E-state index contributed by atoms with van der Waals surface area (Å²) >= 11 is 1.36. The van der Waals surface area contributed by atoms with Crippen LogP contribution in [0.1, 0.15) is 28.8 Å². The highest BCUT2D eigenvalue weighted by molar-refractivity contribution is 7.17. The van der Waals surface area contributed by atoms with Crippen molar-refractivity contribution < 1.29 is 19.1 Å². The van der Waals surface area contributed by atoms with Gasteiger partial charge in [0.15, 0.2) is 0 Å². The Morgan fingerprint density at radius 2 is 2.08 bits per heavy atom. The van der Waals surface area contributed by atoms with Gasteiger partial charge in [-0.15, -0.1) is 11.3 Å². The van der Waals surface area contributed by atoms with Crippen LogP contribution >= 0.6 is 11.3 Å². The van der Waals surface area contributed by atoms with E-state index in [9.17, 15) is 14.7 Å². The molecule has 0 spiro atoms. The lowest BCUT2D eigenvalue weighted by atomic mass is 10.0. The van der Waals surface area contributed by atoms with Gasteiger partial charge in [0.1, 0.15) is 11.5 Å². The minimum atomic E-state index is -0.613. The van der Waals surface area contributed by atoms with Gasteiger partial charge in [0.2, 0.25) is 5.91 Å². The van der Waals surface area contributed by atoms with Crippen molar-refractivity contribution in [2.75, 3.05) is 13.1 Å². The first-order valence-corrected chi connectivity index (χ1v) is 8.65. The summed E-state index contributed by atoms with van der Waals surface area (Å²) in [5, 5.41) is 12.8. The second-order valence-corrected chi connectivity index (χ2v) is 7.14. The molecule has 0 saturated carbocycles. The molecule has 3 heterocycles. The van der Waals surface area contributed by atoms with Gasteiger partial charge in [0.05, 0.1) is 15.9 Å². The van der Waals surface area contributed by atoms with Crippen LogP contribution in [0.3, 0.4) is 0 Å². The van der Waals surface area contributed by atoms with Crippen LogP contribution in [-0.2, 0) is 4.79 Å². The lowest BCUT2D eigenvalue weighted by Crippen LogP contribution is -2.53. The molecule has 1 aliphatic heterocycles. The molecule has 0 aromatic carbocycles. The number of amides is 2. The number of piperidine rings is 1. The number of β-amino-alcohol motifs (C(OH)–C–C–N with tert-alkyl or cyclic N) is 1. The molecule has 3 rings (SSSR count). The van der Waals surface area contributed by atoms with Crippen LogP contribution in [0.15, 0.2) is 28.7 Å². The Labute approximate surface area is 144 Å². The van der Waals surface area contributed by atoms with E-state index in [1.807, 2.05) is 25.1 Å².